The van der Waals surface area contributed by atoms with E-state index in [9.17, 15) is 0 Å². The van der Waals surface area contributed by atoms with Crippen LogP contribution < -0.4 is 5.32 Å². The molecule has 2 nitrogen and oxygen atoms in total. The fourth-order valence-corrected chi connectivity index (χ4v) is 1.98. The van der Waals surface area contributed by atoms with Crippen molar-refractivity contribution in [2.75, 3.05) is 6.54 Å². The smallest absolute Gasteiger partial charge is 0.0674 e. The largest absolute Gasteiger partial charge is 0.375 e. The van der Waals surface area contributed by atoms with Crippen molar-refractivity contribution in [3.63, 3.8) is 0 Å². The van der Waals surface area contributed by atoms with Gasteiger partial charge in [0.25, 0.3) is 0 Å². The molecule has 1 N–H and O–H groups in total. The van der Waals surface area contributed by atoms with E-state index in [1.54, 1.807) is 0 Å². The molecule has 0 aromatic rings. The summed E-state index contributed by atoms with van der Waals surface area (Å²) in [6.45, 7) is 7.32. The second kappa shape index (κ2) is 5.61. The van der Waals surface area contributed by atoms with Crippen molar-refractivity contribution in [1.82, 2.24) is 5.32 Å². The number of hydrogen-bond acceptors (Lipinski definition) is 2. The summed E-state index contributed by atoms with van der Waals surface area (Å²) in [4.78, 5) is 0. The van der Waals surface area contributed by atoms with Gasteiger partial charge in [-0.25, -0.2) is 0 Å². The molecule has 1 aliphatic rings. The topological polar surface area (TPSA) is 21.3 Å². The van der Waals surface area contributed by atoms with E-state index in [2.05, 4.69) is 26.1 Å². The molecule has 78 valence electrons. The fourth-order valence-electron chi connectivity index (χ4n) is 1.98. The van der Waals surface area contributed by atoms with Gasteiger partial charge in [-0.1, -0.05) is 12.8 Å². The molecule has 0 saturated heterocycles. The van der Waals surface area contributed by atoms with Gasteiger partial charge in [-0.2, -0.15) is 0 Å². The summed E-state index contributed by atoms with van der Waals surface area (Å²) >= 11 is 0. The summed E-state index contributed by atoms with van der Waals surface area (Å²) in [5.41, 5.74) is 0. The van der Waals surface area contributed by atoms with Crippen LogP contribution in [-0.2, 0) is 4.74 Å². The Hall–Kier alpha value is -0.0800. The number of nitrogens with one attached hydrogen (secondary N) is 1. The van der Waals surface area contributed by atoms with Crippen molar-refractivity contribution < 1.29 is 4.74 Å². The molecule has 0 bridgehead atoms. The fraction of sp³-hybridized carbons (Fsp3) is 1.00. The Balaban J connectivity index is 2.03. The van der Waals surface area contributed by atoms with Crippen LogP contribution in [0.1, 0.15) is 46.5 Å². The molecule has 1 aliphatic carbocycles. The van der Waals surface area contributed by atoms with Gasteiger partial charge in [0.1, 0.15) is 0 Å². The van der Waals surface area contributed by atoms with Crippen LogP contribution in [0, 0.1) is 0 Å². The van der Waals surface area contributed by atoms with Crippen molar-refractivity contribution in [3.8, 4) is 0 Å². The molecule has 0 heterocycles. The Bertz CT molecular complexity index is 130. The quantitative estimate of drug-likeness (QED) is 0.710. The molecule has 0 aromatic heterocycles. The molecule has 1 rings (SSSR count). The highest BCUT2D eigenvalue weighted by Crippen LogP contribution is 2.17. The van der Waals surface area contributed by atoms with Crippen LogP contribution in [0.5, 0.6) is 0 Å². The molecule has 1 saturated carbocycles. The normalized spacial score (nSPS) is 21.2. The Morgan fingerprint density at radius 2 is 1.85 bits per heavy atom. The predicted octanol–water partition coefficient (Wildman–Crippen LogP) is 2.33. The third kappa shape index (κ3) is 4.63. The van der Waals surface area contributed by atoms with Crippen LogP contribution in [0.2, 0.25) is 0 Å². The molecule has 1 unspecified atom stereocenters. The third-order valence-electron chi connectivity index (χ3n) is 2.55. The molecule has 13 heavy (non-hydrogen) atoms. The van der Waals surface area contributed by atoms with Gasteiger partial charge in [0.05, 0.1) is 12.2 Å². The van der Waals surface area contributed by atoms with Gasteiger partial charge in [0, 0.05) is 12.6 Å². The summed E-state index contributed by atoms with van der Waals surface area (Å²) in [6.07, 6.45) is 6.21. The van der Waals surface area contributed by atoms with Crippen LogP contribution in [-0.4, -0.2) is 24.8 Å². The zero-order valence-corrected chi connectivity index (χ0v) is 9.18. The van der Waals surface area contributed by atoms with Gasteiger partial charge in [0.15, 0.2) is 0 Å². The summed E-state index contributed by atoms with van der Waals surface area (Å²) in [7, 11) is 0. The monoisotopic (exact) mass is 185 g/mol. The summed E-state index contributed by atoms with van der Waals surface area (Å²) < 4.78 is 5.65. The predicted molar refractivity (Wildman–Crippen MR) is 55.9 cm³/mol. The maximum atomic E-state index is 5.65. The highest BCUT2D eigenvalue weighted by molar-refractivity contribution is 4.74. The second-order valence-electron chi connectivity index (χ2n) is 4.39. The Morgan fingerprint density at radius 1 is 1.23 bits per heavy atom. The molecule has 0 aliphatic heterocycles. The van der Waals surface area contributed by atoms with E-state index >= 15 is 0 Å². The zero-order valence-electron chi connectivity index (χ0n) is 9.18. The van der Waals surface area contributed by atoms with Gasteiger partial charge in [-0.05, 0) is 33.6 Å². The molecule has 0 radical (unpaired) electrons. The summed E-state index contributed by atoms with van der Waals surface area (Å²) in [5, 5.41) is 3.56. The third-order valence-corrected chi connectivity index (χ3v) is 2.55. The molecule has 2 heteroatoms. The Labute approximate surface area is 82.0 Å². The van der Waals surface area contributed by atoms with E-state index in [0.29, 0.717) is 12.2 Å². The minimum Gasteiger partial charge on any atom is -0.375 e. The van der Waals surface area contributed by atoms with E-state index in [1.807, 2.05) is 0 Å². The van der Waals surface area contributed by atoms with Crippen LogP contribution in [0.3, 0.4) is 0 Å². The maximum absolute atomic E-state index is 5.65. The molecule has 0 amide bonds. The summed E-state index contributed by atoms with van der Waals surface area (Å²) in [6, 6.07) is 0.762. The zero-order chi connectivity index (χ0) is 9.68. The van der Waals surface area contributed by atoms with Crippen molar-refractivity contribution in [2.24, 2.45) is 0 Å². The lowest BCUT2D eigenvalue weighted by Gasteiger charge is -2.19. The SMILES string of the molecule is CC(C)OC(C)CNC1CCCC1. The van der Waals surface area contributed by atoms with Gasteiger partial charge < -0.3 is 10.1 Å². The molecule has 0 aromatic carbocycles. The first kappa shape index (κ1) is 11.0. The molecule has 1 fully saturated rings. The van der Waals surface area contributed by atoms with Gasteiger partial charge in [-0.3, -0.25) is 0 Å². The Morgan fingerprint density at radius 3 is 2.38 bits per heavy atom. The van der Waals surface area contributed by atoms with Crippen LogP contribution in [0.15, 0.2) is 0 Å². The average molecular weight is 185 g/mol. The lowest BCUT2D eigenvalue weighted by molar-refractivity contribution is 0.0182. The van der Waals surface area contributed by atoms with Crippen molar-refractivity contribution in [2.45, 2.75) is 64.7 Å². The molecule has 0 spiro atoms. The van der Waals surface area contributed by atoms with E-state index < -0.39 is 0 Å². The van der Waals surface area contributed by atoms with Crippen molar-refractivity contribution in [1.29, 1.82) is 0 Å². The highest BCUT2D eigenvalue weighted by atomic mass is 16.5. The maximum Gasteiger partial charge on any atom is 0.0674 e. The van der Waals surface area contributed by atoms with E-state index in [0.717, 1.165) is 12.6 Å². The van der Waals surface area contributed by atoms with E-state index in [4.69, 9.17) is 4.74 Å². The minimum atomic E-state index is 0.348. The first-order valence-corrected chi connectivity index (χ1v) is 5.57. The van der Waals surface area contributed by atoms with Crippen molar-refractivity contribution >= 4 is 0 Å². The van der Waals surface area contributed by atoms with Crippen LogP contribution in [0.25, 0.3) is 0 Å². The number of hydrogen-bond donors (Lipinski definition) is 1. The van der Waals surface area contributed by atoms with E-state index in [1.165, 1.54) is 25.7 Å². The summed E-state index contributed by atoms with van der Waals surface area (Å²) in [5.74, 6) is 0. The lowest BCUT2D eigenvalue weighted by Crippen LogP contribution is -2.34. The first-order chi connectivity index (χ1) is 6.18. The van der Waals surface area contributed by atoms with Crippen molar-refractivity contribution in [3.05, 3.63) is 0 Å². The Kier molecular flexibility index (Phi) is 4.74. The number of rotatable bonds is 5. The van der Waals surface area contributed by atoms with Crippen LogP contribution >= 0.6 is 0 Å². The number of ether oxygens (including phenoxy) is 1. The molecular formula is C11H23NO. The van der Waals surface area contributed by atoms with Gasteiger partial charge in [-0.15, -0.1) is 0 Å². The minimum absolute atomic E-state index is 0.348. The van der Waals surface area contributed by atoms with Gasteiger partial charge >= 0.3 is 0 Å². The van der Waals surface area contributed by atoms with E-state index in [-0.39, 0.29) is 0 Å². The average Bonchev–Trinajstić information content (AvgIpc) is 2.51. The van der Waals surface area contributed by atoms with Gasteiger partial charge in [0.2, 0.25) is 0 Å². The van der Waals surface area contributed by atoms with Crippen LogP contribution in [0.4, 0.5) is 0 Å². The molecular weight excluding hydrogens is 162 g/mol. The highest BCUT2D eigenvalue weighted by Gasteiger charge is 2.15. The standard InChI is InChI=1S/C11H23NO/c1-9(2)13-10(3)8-12-11-6-4-5-7-11/h9-12H,4-8H2,1-3H3. The first-order valence-electron chi connectivity index (χ1n) is 5.57. The lowest BCUT2D eigenvalue weighted by atomic mass is 10.2. The second-order valence-corrected chi connectivity index (χ2v) is 4.39. The molecule has 1 atom stereocenters.